The van der Waals surface area contributed by atoms with Gasteiger partial charge in [-0.25, -0.2) is 0 Å². The molecule has 0 heterocycles. The SMILES string of the molecule is C#CC/C(=C\C=C(/CCS(=O)(=O)O)C(C)(C)c1ccc(Oc2ccc(C(=O)C(/C=C\C)=C/C)cc2)cc1)OC(C)(C)C(C)(C)C. The first-order chi connectivity index (χ1) is 20.8. The summed E-state index contributed by atoms with van der Waals surface area (Å²) in [6.45, 7) is 18.0. The molecular formula is C38H48O6S. The summed E-state index contributed by atoms with van der Waals surface area (Å²) in [6, 6.07) is 14.5. The number of hydrogen-bond acceptors (Lipinski definition) is 5. The van der Waals surface area contributed by atoms with Crippen LogP contribution < -0.4 is 4.74 Å². The summed E-state index contributed by atoms with van der Waals surface area (Å²) in [7, 11) is -4.19. The van der Waals surface area contributed by atoms with Crippen molar-refractivity contribution in [1.29, 1.82) is 0 Å². The molecule has 2 aromatic rings. The van der Waals surface area contributed by atoms with E-state index in [0.717, 1.165) is 11.1 Å². The molecule has 45 heavy (non-hydrogen) atoms. The largest absolute Gasteiger partial charge is 0.491 e. The molecule has 2 rings (SSSR count). The third-order valence-corrected chi connectivity index (χ3v) is 8.94. The Morgan fingerprint density at radius 3 is 1.93 bits per heavy atom. The number of allylic oxidation sites excluding steroid dienone is 8. The molecule has 0 unspecified atom stereocenters. The average Bonchev–Trinajstić information content (AvgIpc) is 2.94. The van der Waals surface area contributed by atoms with E-state index in [1.54, 1.807) is 42.5 Å². The molecule has 1 N–H and O–H groups in total. The van der Waals surface area contributed by atoms with E-state index in [1.807, 2.05) is 78.0 Å². The van der Waals surface area contributed by atoms with Gasteiger partial charge in [-0.3, -0.25) is 9.35 Å². The average molecular weight is 633 g/mol. The van der Waals surface area contributed by atoms with Gasteiger partial charge in [0.05, 0.1) is 12.2 Å². The van der Waals surface area contributed by atoms with Crippen LogP contribution in [0.4, 0.5) is 0 Å². The van der Waals surface area contributed by atoms with Gasteiger partial charge in [0, 0.05) is 22.0 Å². The van der Waals surface area contributed by atoms with Gasteiger partial charge in [0.2, 0.25) is 0 Å². The van der Waals surface area contributed by atoms with E-state index in [9.17, 15) is 17.8 Å². The van der Waals surface area contributed by atoms with E-state index in [0.29, 0.717) is 28.4 Å². The van der Waals surface area contributed by atoms with E-state index >= 15 is 0 Å². The maximum atomic E-state index is 12.7. The van der Waals surface area contributed by atoms with Crippen LogP contribution in [0.5, 0.6) is 11.5 Å². The minimum Gasteiger partial charge on any atom is -0.491 e. The topological polar surface area (TPSA) is 89.9 Å². The standard InChI is InChI=1S/C38H48O6S/c1-11-14-28(13-3)35(39)29-16-21-32(22-17-29)43-33-23-18-30(19-24-33)37(7,8)31(26-27-45(40,41)42)20-25-34(15-12-2)44-38(9,10)36(4,5)6/h2,11,13-14,16-25H,15,26-27H2,1,3-10H3,(H,40,41,42)/b14-11-,28-13+,31-20+,34-25+. The number of terminal acetylenes is 1. The Kier molecular flexibility index (Phi) is 12.8. The van der Waals surface area contributed by atoms with Gasteiger partial charge in [0.25, 0.3) is 10.1 Å². The van der Waals surface area contributed by atoms with Crippen molar-refractivity contribution in [2.75, 3.05) is 5.75 Å². The van der Waals surface area contributed by atoms with Crippen molar-refractivity contribution >= 4 is 15.9 Å². The maximum absolute atomic E-state index is 12.7. The minimum atomic E-state index is -4.19. The summed E-state index contributed by atoms with van der Waals surface area (Å²) in [6.07, 6.45) is 15.1. The van der Waals surface area contributed by atoms with Gasteiger partial charge in [0.1, 0.15) is 22.9 Å². The lowest BCUT2D eigenvalue weighted by Crippen LogP contribution is -2.39. The molecule has 0 aliphatic carbocycles. The summed E-state index contributed by atoms with van der Waals surface area (Å²) in [5, 5.41) is 0. The molecule has 0 amide bonds. The van der Waals surface area contributed by atoms with Crippen molar-refractivity contribution in [3.05, 3.63) is 107 Å². The van der Waals surface area contributed by atoms with Crippen LogP contribution in [0, 0.1) is 17.8 Å². The minimum absolute atomic E-state index is 0.0580. The highest BCUT2D eigenvalue weighted by atomic mass is 32.2. The zero-order chi connectivity index (χ0) is 34.1. The van der Waals surface area contributed by atoms with E-state index in [2.05, 4.69) is 26.7 Å². The first kappa shape index (κ1) is 37.3. The Bertz CT molecular complexity index is 1590. The predicted molar refractivity (Wildman–Crippen MR) is 184 cm³/mol. The van der Waals surface area contributed by atoms with Gasteiger partial charge in [-0.1, -0.05) is 82.5 Å². The second-order valence-electron chi connectivity index (χ2n) is 13.0. The van der Waals surface area contributed by atoms with Crippen LogP contribution in [0.15, 0.2) is 95.8 Å². The van der Waals surface area contributed by atoms with Crippen LogP contribution in [0.1, 0.15) is 91.1 Å². The number of hydrogen-bond donors (Lipinski definition) is 1. The number of rotatable bonds is 14. The first-order valence-electron chi connectivity index (χ1n) is 15.0. The van der Waals surface area contributed by atoms with Gasteiger partial charge >= 0.3 is 0 Å². The van der Waals surface area contributed by atoms with Crippen LogP contribution in [0.3, 0.4) is 0 Å². The number of carbonyl (C=O) groups excluding carboxylic acids is 1. The van der Waals surface area contributed by atoms with Crippen LogP contribution in [-0.2, 0) is 20.3 Å². The van der Waals surface area contributed by atoms with E-state index < -0.39 is 26.9 Å². The fraction of sp³-hybridized carbons (Fsp3) is 0.395. The van der Waals surface area contributed by atoms with Gasteiger partial charge in [-0.15, -0.1) is 6.42 Å². The molecule has 0 saturated carbocycles. The second kappa shape index (κ2) is 15.4. The highest BCUT2D eigenvalue weighted by Crippen LogP contribution is 2.37. The van der Waals surface area contributed by atoms with Crippen LogP contribution in [-0.4, -0.2) is 30.1 Å². The highest BCUT2D eigenvalue weighted by Gasteiger charge is 2.35. The molecule has 0 fully saturated rings. The van der Waals surface area contributed by atoms with E-state index in [4.69, 9.17) is 15.9 Å². The van der Waals surface area contributed by atoms with Gasteiger partial charge in [-0.2, -0.15) is 8.42 Å². The Balaban J connectivity index is 2.37. The Morgan fingerprint density at radius 2 is 1.47 bits per heavy atom. The van der Waals surface area contributed by atoms with Crippen molar-refractivity contribution in [3.63, 3.8) is 0 Å². The Labute approximate surface area is 270 Å². The summed E-state index contributed by atoms with van der Waals surface area (Å²) < 4.78 is 45.3. The fourth-order valence-corrected chi connectivity index (χ4v) is 4.81. The molecule has 0 saturated heterocycles. The van der Waals surface area contributed by atoms with Crippen LogP contribution in [0.2, 0.25) is 0 Å². The lowest BCUT2D eigenvalue weighted by Gasteiger charge is -2.39. The van der Waals surface area contributed by atoms with Crippen molar-refractivity contribution in [3.8, 4) is 23.8 Å². The summed E-state index contributed by atoms with van der Waals surface area (Å²) in [5.41, 5.74) is 1.60. The molecule has 0 aromatic heterocycles. The van der Waals surface area contributed by atoms with Gasteiger partial charge in [0.15, 0.2) is 5.78 Å². The monoisotopic (exact) mass is 632 g/mol. The third-order valence-electron chi connectivity index (χ3n) is 8.22. The van der Waals surface area contributed by atoms with Crippen molar-refractivity contribution < 1.29 is 27.2 Å². The number of ketones is 1. The Morgan fingerprint density at radius 1 is 0.911 bits per heavy atom. The summed E-state index contributed by atoms with van der Waals surface area (Å²) in [4.78, 5) is 12.7. The number of carbonyl (C=O) groups is 1. The molecule has 0 spiro atoms. The van der Waals surface area contributed by atoms with Gasteiger partial charge in [-0.05, 0) is 82.2 Å². The van der Waals surface area contributed by atoms with E-state index in [-0.39, 0.29) is 24.0 Å². The van der Waals surface area contributed by atoms with Crippen molar-refractivity contribution in [2.24, 2.45) is 5.41 Å². The number of ether oxygens (including phenoxy) is 2. The van der Waals surface area contributed by atoms with Crippen molar-refractivity contribution in [2.45, 2.75) is 86.2 Å². The zero-order valence-electron chi connectivity index (χ0n) is 28.1. The maximum Gasteiger partial charge on any atom is 0.265 e. The molecule has 0 radical (unpaired) electrons. The number of benzene rings is 2. The lowest BCUT2D eigenvalue weighted by molar-refractivity contribution is -0.0536. The second-order valence-corrected chi connectivity index (χ2v) is 14.5. The summed E-state index contributed by atoms with van der Waals surface area (Å²) >= 11 is 0. The molecule has 0 bridgehead atoms. The third kappa shape index (κ3) is 10.9. The zero-order valence-corrected chi connectivity index (χ0v) is 28.9. The quantitative estimate of drug-likeness (QED) is 0.0557. The Hall–Kier alpha value is -3.86. The molecule has 6 nitrogen and oxygen atoms in total. The molecule has 0 atom stereocenters. The van der Waals surface area contributed by atoms with Crippen LogP contribution >= 0.6 is 0 Å². The smallest absolute Gasteiger partial charge is 0.265 e. The first-order valence-corrected chi connectivity index (χ1v) is 16.7. The molecule has 2 aromatic carbocycles. The highest BCUT2D eigenvalue weighted by molar-refractivity contribution is 7.85. The summed E-state index contributed by atoms with van der Waals surface area (Å²) in [5.74, 6) is 3.96. The normalized spacial score (nSPS) is 13.9. The molecule has 7 heteroatoms. The molecule has 0 aliphatic rings. The van der Waals surface area contributed by atoms with Crippen LogP contribution in [0.25, 0.3) is 0 Å². The van der Waals surface area contributed by atoms with E-state index in [1.165, 1.54) is 0 Å². The molecule has 242 valence electrons. The van der Waals surface area contributed by atoms with Crippen molar-refractivity contribution in [1.82, 2.24) is 0 Å². The lowest BCUT2D eigenvalue weighted by atomic mass is 9.76. The van der Waals surface area contributed by atoms with Gasteiger partial charge < -0.3 is 9.47 Å². The predicted octanol–water partition coefficient (Wildman–Crippen LogP) is 9.41. The molecule has 0 aliphatic heterocycles. The molecular weight excluding hydrogens is 584 g/mol. The number of Topliss-reactive ketones (excluding diaryl/α,β-unsaturated/α-hetero) is 1. The fourth-order valence-electron chi connectivity index (χ4n) is 4.33.